The molecule has 0 bridgehead atoms. The lowest BCUT2D eigenvalue weighted by atomic mass is 10.0. The molecule has 98 valence electrons. The summed E-state index contributed by atoms with van der Waals surface area (Å²) in [5.41, 5.74) is 5.45. The number of benzene rings is 1. The molecule has 0 atom stereocenters. The van der Waals surface area contributed by atoms with Crippen LogP contribution in [0.2, 0.25) is 0 Å². The Kier molecular flexibility index (Phi) is 3.02. The topological polar surface area (TPSA) is 22.0 Å². The Morgan fingerprint density at radius 2 is 1.89 bits per heavy atom. The van der Waals surface area contributed by atoms with E-state index in [-0.39, 0.29) is 5.78 Å². The zero-order valence-corrected chi connectivity index (χ0v) is 11.6. The molecule has 2 nitrogen and oxygen atoms in total. The maximum Gasteiger partial charge on any atom is 0.209 e. The third-order valence-electron chi connectivity index (χ3n) is 4.06. The normalized spacial score (nSPS) is 13.9. The smallest absolute Gasteiger partial charge is 0.209 e. The number of carbonyl (C=O) groups excluding carboxylic acids is 1. The maximum absolute atomic E-state index is 12.7. The van der Waals surface area contributed by atoms with Crippen LogP contribution in [0.3, 0.4) is 0 Å². The first-order chi connectivity index (χ1) is 9.22. The molecule has 0 amide bonds. The van der Waals surface area contributed by atoms with Crippen LogP contribution in [0.5, 0.6) is 0 Å². The van der Waals surface area contributed by atoms with Gasteiger partial charge in [0.1, 0.15) is 0 Å². The van der Waals surface area contributed by atoms with Crippen molar-refractivity contribution in [2.24, 2.45) is 7.05 Å². The van der Waals surface area contributed by atoms with Crippen LogP contribution in [0.25, 0.3) is 0 Å². The van der Waals surface area contributed by atoms with E-state index < -0.39 is 0 Å². The summed E-state index contributed by atoms with van der Waals surface area (Å²) in [6, 6.07) is 10.2. The van der Waals surface area contributed by atoms with Crippen molar-refractivity contribution in [2.45, 2.75) is 32.6 Å². The van der Waals surface area contributed by atoms with Crippen molar-refractivity contribution >= 4 is 5.78 Å². The maximum atomic E-state index is 12.7. The molecule has 1 heterocycles. The summed E-state index contributed by atoms with van der Waals surface area (Å²) in [6.07, 6.45) is 4.08. The van der Waals surface area contributed by atoms with Crippen LogP contribution in [0.1, 0.15) is 46.2 Å². The van der Waals surface area contributed by atoms with Crippen molar-refractivity contribution in [1.29, 1.82) is 0 Å². The molecule has 19 heavy (non-hydrogen) atoms. The van der Waals surface area contributed by atoms with Crippen LogP contribution in [-0.4, -0.2) is 10.4 Å². The van der Waals surface area contributed by atoms with Crippen molar-refractivity contribution in [3.63, 3.8) is 0 Å². The molecule has 1 aliphatic rings. The van der Waals surface area contributed by atoms with E-state index in [1.165, 1.54) is 16.8 Å². The van der Waals surface area contributed by atoms with E-state index in [9.17, 15) is 4.79 Å². The minimum atomic E-state index is 0.188. The number of fused-ring (bicyclic) bond motifs is 2. The van der Waals surface area contributed by atoms with Gasteiger partial charge in [-0.2, -0.15) is 0 Å². The highest BCUT2D eigenvalue weighted by Crippen LogP contribution is 2.27. The van der Waals surface area contributed by atoms with Gasteiger partial charge in [0, 0.05) is 18.3 Å². The highest BCUT2D eigenvalue weighted by atomic mass is 16.1. The van der Waals surface area contributed by atoms with Crippen molar-refractivity contribution in [1.82, 2.24) is 4.57 Å². The van der Waals surface area contributed by atoms with Crippen molar-refractivity contribution < 1.29 is 4.79 Å². The molecule has 0 fully saturated rings. The van der Waals surface area contributed by atoms with E-state index in [2.05, 4.69) is 23.6 Å². The lowest BCUT2D eigenvalue weighted by Gasteiger charge is -2.08. The molecule has 0 saturated carbocycles. The van der Waals surface area contributed by atoms with Gasteiger partial charge in [-0.05, 0) is 36.5 Å². The summed E-state index contributed by atoms with van der Waals surface area (Å²) in [5.74, 6) is 0.188. The average Bonchev–Trinajstić information content (AvgIpc) is 2.65. The zero-order chi connectivity index (χ0) is 13.4. The first-order valence-electron chi connectivity index (χ1n) is 7.02. The third-order valence-corrected chi connectivity index (χ3v) is 4.06. The van der Waals surface area contributed by atoms with Crippen molar-refractivity contribution in [3.8, 4) is 0 Å². The van der Waals surface area contributed by atoms with Crippen LogP contribution in [-0.2, 0) is 26.3 Å². The average molecular weight is 253 g/mol. The van der Waals surface area contributed by atoms with Gasteiger partial charge >= 0.3 is 0 Å². The first-order valence-corrected chi connectivity index (χ1v) is 7.02. The molecule has 0 N–H and O–H groups in total. The Morgan fingerprint density at radius 3 is 2.68 bits per heavy atom. The van der Waals surface area contributed by atoms with Crippen LogP contribution < -0.4 is 0 Å². The van der Waals surface area contributed by atoms with Crippen molar-refractivity contribution in [3.05, 3.63) is 58.4 Å². The fraction of sp³-hybridized carbons (Fsp3) is 0.353. The van der Waals surface area contributed by atoms with Gasteiger partial charge in [-0.1, -0.05) is 37.6 Å². The second-order valence-corrected chi connectivity index (χ2v) is 5.30. The number of rotatable bonds is 2. The molecular formula is C17H19NO. The number of aryl methyl sites for hydroxylation is 3. The Balaban J connectivity index is 2.14. The summed E-state index contributed by atoms with van der Waals surface area (Å²) >= 11 is 0. The lowest BCUT2D eigenvalue weighted by Crippen LogP contribution is -2.10. The van der Waals surface area contributed by atoms with E-state index in [1.807, 2.05) is 25.2 Å². The highest BCUT2D eigenvalue weighted by Gasteiger charge is 2.24. The SMILES string of the molecule is CCCc1cc2c(n1C)C(=O)c1ccccc1CC2. The largest absolute Gasteiger partial charge is 0.345 e. The van der Waals surface area contributed by atoms with Gasteiger partial charge in [0.15, 0.2) is 0 Å². The number of hydrogen-bond acceptors (Lipinski definition) is 1. The molecule has 0 saturated heterocycles. The minimum absolute atomic E-state index is 0.188. The predicted octanol–water partition coefficient (Wildman–Crippen LogP) is 3.31. The van der Waals surface area contributed by atoms with E-state index in [4.69, 9.17) is 0 Å². The Hall–Kier alpha value is -1.83. The highest BCUT2D eigenvalue weighted by molar-refractivity contribution is 6.10. The molecule has 0 spiro atoms. The fourth-order valence-electron chi connectivity index (χ4n) is 3.07. The van der Waals surface area contributed by atoms with Gasteiger partial charge in [0.2, 0.25) is 5.78 Å². The van der Waals surface area contributed by atoms with Gasteiger partial charge in [-0.25, -0.2) is 0 Å². The molecule has 0 unspecified atom stereocenters. The van der Waals surface area contributed by atoms with Gasteiger partial charge < -0.3 is 4.57 Å². The monoisotopic (exact) mass is 253 g/mol. The molecule has 2 aromatic rings. The van der Waals surface area contributed by atoms with Crippen LogP contribution in [0.15, 0.2) is 30.3 Å². The Morgan fingerprint density at radius 1 is 1.16 bits per heavy atom. The van der Waals surface area contributed by atoms with Gasteiger partial charge in [0.25, 0.3) is 0 Å². The fourth-order valence-corrected chi connectivity index (χ4v) is 3.07. The van der Waals surface area contributed by atoms with Gasteiger partial charge in [-0.3, -0.25) is 4.79 Å². The number of aromatic nitrogens is 1. The second-order valence-electron chi connectivity index (χ2n) is 5.30. The van der Waals surface area contributed by atoms with Crippen LogP contribution in [0.4, 0.5) is 0 Å². The lowest BCUT2D eigenvalue weighted by molar-refractivity contribution is 0.103. The van der Waals surface area contributed by atoms with E-state index in [0.29, 0.717) is 0 Å². The van der Waals surface area contributed by atoms with Crippen LogP contribution in [0, 0.1) is 0 Å². The third kappa shape index (κ3) is 1.92. The minimum Gasteiger partial charge on any atom is -0.345 e. The molecule has 0 aliphatic heterocycles. The summed E-state index contributed by atoms with van der Waals surface area (Å²) in [5, 5.41) is 0. The molecule has 1 aromatic heterocycles. The summed E-state index contributed by atoms with van der Waals surface area (Å²) in [7, 11) is 2.02. The number of ketones is 1. The predicted molar refractivity (Wildman–Crippen MR) is 76.7 cm³/mol. The molecular weight excluding hydrogens is 234 g/mol. The molecule has 1 aromatic carbocycles. The summed E-state index contributed by atoms with van der Waals surface area (Å²) in [6.45, 7) is 2.18. The Labute approximate surface area is 114 Å². The standard InChI is InChI=1S/C17H19NO/c1-3-6-14-11-13-10-9-12-7-4-5-8-15(12)17(19)16(13)18(14)2/h4-5,7-8,11H,3,6,9-10H2,1-2H3. The molecule has 3 rings (SSSR count). The van der Waals surface area contributed by atoms with Gasteiger partial charge in [0.05, 0.1) is 5.69 Å². The molecule has 2 heteroatoms. The zero-order valence-electron chi connectivity index (χ0n) is 11.6. The summed E-state index contributed by atoms with van der Waals surface area (Å²) in [4.78, 5) is 12.7. The van der Waals surface area contributed by atoms with Gasteiger partial charge in [-0.15, -0.1) is 0 Å². The Bertz CT molecular complexity index is 637. The molecule has 1 aliphatic carbocycles. The number of hydrogen-bond donors (Lipinski definition) is 0. The van der Waals surface area contributed by atoms with E-state index >= 15 is 0 Å². The number of nitrogens with zero attached hydrogens (tertiary/aromatic N) is 1. The van der Waals surface area contributed by atoms with E-state index in [0.717, 1.165) is 36.9 Å². The van der Waals surface area contributed by atoms with Crippen molar-refractivity contribution in [2.75, 3.05) is 0 Å². The summed E-state index contributed by atoms with van der Waals surface area (Å²) < 4.78 is 2.10. The first kappa shape index (κ1) is 12.2. The quantitative estimate of drug-likeness (QED) is 0.805. The number of carbonyl (C=O) groups is 1. The second kappa shape index (κ2) is 4.69. The van der Waals surface area contributed by atoms with E-state index in [1.54, 1.807) is 0 Å². The van der Waals surface area contributed by atoms with Crippen LogP contribution >= 0.6 is 0 Å². The molecule has 0 radical (unpaired) electrons.